The van der Waals surface area contributed by atoms with Gasteiger partial charge in [-0.3, -0.25) is 14.8 Å². The molecular weight excluding hydrogens is 276 g/mol. The molecule has 6 N–H and O–H groups in total. The van der Waals surface area contributed by atoms with Crippen LogP contribution in [0.25, 0.3) is 0 Å². The largest absolute Gasteiger partial charge is 0.398 e. The summed E-state index contributed by atoms with van der Waals surface area (Å²) in [7, 11) is 0. The molecule has 6 nitrogen and oxygen atoms in total. The molecule has 1 aromatic carbocycles. The lowest BCUT2D eigenvalue weighted by Crippen LogP contribution is -2.25. The first kappa shape index (κ1) is 14.2. The van der Waals surface area contributed by atoms with Crippen molar-refractivity contribution in [3.63, 3.8) is 0 Å². The van der Waals surface area contributed by atoms with Crippen molar-refractivity contribution in [2.24, 2.45) is 0 Å². The third kappa shape index (κ3) is 2.88. The second-order valence-corrected chi connectivity index (χ2v) is 4.34. The van der Waals surface area contributed by atoms with Gasteiger partial charge in [0.1, 0.15) is 10.7 Å². The first-order valence-corrected chi connectivity index (χ1v) is 5.54. The van der Waals surface area contributed by atoms with Gasteiger partial charge in [-0.25, -0.2) is 4.79 Å². The molecule has 0 amide bonds. The molecule has 2 rings (SSSR count). The molecule has 8 heteroatoms. The van der Waals surface area contributed by atoms with E-state index in [0.29, 0.717) is 10.6 Å². The van der Waals surface area contributed by atoms with Crippen molar-refractivity contribution in [3.8, 4) is 0 Å². The normalized spacial score (nSPS) is 9.78. The fraction of sp³-hybridized carbons (Fsp3) is 0. The Kier molecular flexibility index (Phi) is 4.46. The predicted molar refractivity (Wildman–Crippen MR) is 74.3 cm³/mol. The summed E-state index contributed by atoms with van der Waals surface area (Å²) < 4.78 is 0. The van der Waals surface area contributed by atoms with Crippen molar-refractivity contribution in [1.29, 1.82) is 0 Å². The zero-order valence-corrected chi connectivity index (χ0v) is 10.7. The van der Waals surface area contributed by atoms with Crippen LogP contribution in [0.4, 0.5) is 11.5 Å². The van der Waals surface area contributed by atoms with E-state index in [4.69, 9.17) is 11.5 Å². The van der Waals surface area contributed by atoms with Crippen molar-refractivity contribution in [3.05, 3.63) is 45.1 Å². The van der Waals surface area contributed by atoms with Crippen molar-refractivity contribution >= 4 is 35.7 Å². The number of hydrogen-bond donors (Lipinski definition) is 4. The van der Waals surface area contributed by atoms with Crippen molar-refractivity contribution < 1.29 is 0 Å². The Bertz CT molecular complexity index is 667. The number of aromatic nitrogens is 2. The van der Waals surface area contributed by atoms with Gasteiger partial charge in [-0.15, -0.1) is 12.4 Å². The van der Waals surface area contributed by atoms with Crippen LogP contribution < -0.4 is 22.7 Å². The number of H-pyrrole nitrogens is 2. The monoisotopic (exact) mass is 286 g/mol. The summed E-state index contributed by atoms with van der Waals surface area (Å²) in [6, 6.07) is 7.08. The Balaban J connectivity index is 0.00000162. The van der Waals surface area contributed by atoms with Gasteiger partial charge in [0.15, 0.2) is 0 Å². The number of nitrogen functional groups attached to an aromatic ring is 2. The number of rotatable bonds is 2. The number of benzene rings is 1. The van der Waals surface area contributed by atoms with E-state index in [-0.39, 0.29) is 23.1 Å². The van der Waals surface area contributed by atoms with Crippen LogP contribution >= 0.6 is 24.2 Å². The molecule has 0 aliphatic carbocycles. The quantitative estimate of drug-likeness (QED) is 0.609. The Labute approximate surface area is 112 Å². The third-order valence-electron chi connectivity index (χ3n) is 2.06. The minimum absolute atomic E-state index is 0. The molecule has 1 aromatic heterocycles. The SMILES string of the molecule is Cl.Nc1ccccc1Sc1c(N)[nH]c(=O)[nH]c1=O. The third-order valence-corrected chi connectivity index (χ3v) is 3.26. The Hall–Kier alpha value is -1.86. The maximum Gasteiger partial charge on any atom is 0.327 e. The maximum atomic E-state index is 11.6. The van der Waals surface area contributed by atoms with E-state index in [1.807, 2.05) is 0 Å². The van der Waals surface area contributed by atoms with Gasteiger partial charge in [0, 0.05) is 10.6 Å². The Morgan fingerprint density at radius 2 is 1.72 bits per heavy atom. The van der Waals surface area contributed by atoms with Crippen LogP contribution in [0.3, 0.4) is 0 Å². The van der Waals surface area contributed by atoms with Crippen LogP contribution in [0.15, 0.2) is 43.6 Å². The van der Waals surface area contributed by atoms with E-state index >= 15 is 0 Å². The topological polar surface area (TPSA) is 118 Å². The van der Waals surface area contributed by atoms with Gasteiger partial charge in [-0.1, -0.05) is 23.9 Å². The van der Waals surface area contributed by atoms with Crippen LogP contribution in [-0.2, 0) is 0 Å². The van der Waals surface area contributed by atoms with Crippen LogP contribution in [0.2, 0.25) is 0 Å². The molecule has 0 unspecified atom stereocenters. The molecule has 0 fully saturated rings. The zero-order valence-electron chi connectivity index (χ0n) is 9.10. The summed E-state index contributed by atoms with van der Waals surface area (Å²) >= 11 is 1.11. The van der Waals surface area contributed by atoms with Crippen LogP contribution in [0, 0.1) is 0 Å². The zero-order chi connectivity index (χ0) is 12.4. The van der Waals surface area contributed by atoms with Gasteiger partial charge in [0.2, 0.25) is 0 Å². The fourth-order valence-corrected chi connectivity index (χ4v) is 2.13. The first-order chi connectivity index (χ1) is 8.08. The smallest absolute Gasteiger partial charge is 0.327 e. The number of nitrogens with one attached hydrogen (secondary N) is 2. The highest BCUT2D eigenvalue weighted by Crippen LogP contribution is 2.31. The molecular formula is C10H11ClN4O2S. The fourth-order valence-electron chi connectivity index (χ4n) is 1.28. The van der Waals surface area contributed by atoms with Gasteiger partial charge in [-0.2, -0.15) is 0 Å². The van der Waals surface area contributed by atoms with E-state index in [1.165, 1.54) is 0 Å². The number of aromatic amines is 2. The summed E-state index contributed by atoms with van der Waals surface area (Å²) in [4.78, 5) is 27.9. The van der Waals surface area contributed by atoms with Gasteiger partial charge in [0.05, 0.1) is 0 Å². The summed E-state index contributed by atoms with van der Waals surface area (Å²) in [5.74, 6) is 0.0343. The highest BCUT2D eigenvalue weighted by Gasteiger charge is 2.10. The Morgan fingerprint density at radius 1 is 1.06 bits per heavy atom. The van der Waals surface area contributed by atoms with Gasteiger partial charge >= 0.3 is 5.69 Å². The molecule has 0 atom stereocenters. The summed E-state index contributed by atoms with van der Waals surface area (Å²) in [6.45, 7) is 0. The van der Waals surface area contributed by atoms with Crippen LogP contribution in [0.5, 0.6) is 0 Å². The lowest BCUT2D eigenvalue weighted by atomic mass is 10.3. The Morgan fingerprint density at radius 3 is 2.33 bits per heavy atom. The number of nitrogens with two attached hydrogens (primary N) is 2. The molecule has 0 spiro atoms. The average molecular weight is 287 g/mol. The molecule has 0 saturated heterocycles. The molecule has 0 saturated carbocycles. The molecule has 0 aliphatic rings. The molecule has 1 heterocycles. The summed E-state index contributed by atoms with van der Waals surface area (Å²) in [5.41, 5.74) is 10.7. The first-order valence-electron chi connectivity index (χ1n) is 4.72. The molecule has 0 bridgehead atoms. The second kappa shape index (κ2) is 5.65. The predicted octanol–water partition coefficient (Wildman–Crippen LogP) is 0.801. The number of halogens is 1. The van der Waals surface area contributed by atoms with Crippen molar-refractivity contribution in [1.82, 2.24) is 9.97 Å². The average Bonchev–Trinajstić information content (AvgIpc) is 2.25. The van der Waals surface area contributed by atoms with Gasteiger partial charge in [0.25, 0.3) is 5.56 Å². The number of para-hydroxylation sites is 1. The van der Waals surface area contributed by atoms with E-state index in [1.54, 1.807) is 24.3 Å². The standard InChI is InChI=1S/C10H10N4O2S.ClH/c11-5-3-1-2-4-6(5)17-7-8(12)13-10(16)14-9(7)15;/h1-4H,11H2,(H4,12,13,14,15,16);1H. The molecule has 2 aromatic rings. The van der Waals surface area contributed by atoms with Crippen molar-refractivity contribution in [2.45, 2.75) is 9.79 Å². The highest BCUT2D eigenvalue weighted by atomic mass is 35.5. The van der Waals surface area contributed by atoms with Crippen LogP contribution in [-0.4, -0.2) is 9.97 Å². The number of anilines is 2. The summed E-state index contributed by atoms with van der Waals surface area (Å²) in [6.07, 6.45) is 0. The molecule has 96 valence electrons. The van der Waals surface area contributed by atoms with Gasteiger partial charge < -0.3 is 11.5 Å². The minimum Gasteiger partial charge on any atom is -0.398 e. The minimum atomic E-state index is -0.627. The van der Waals surface area contributed by atoms with Crippen LogP contribution in [0.1, 0.15) is 0 Å². The van der Waals surface area contributed by atoms with Crippen molar-refractivity contribution in [2.75, 3.05) is 11.5 Å². The molecule has 0 aliphatic heterocycles. The van der Waals surface area contributed by atoms with E-state index < -0.39 is 11.2 Å². The number of hydrogen-bond acceptors (Lipinski definition) is 5. The van der Waals surface area contributed by atoms with Gasteiger partial charge in [-0.05, 0) is 12.1 Å². The molecule has 0 radical (unpaired) electrons. The lowest BCUT2D eigenvalue weighted by molar-refractivity contribution is 0.988. The molecule has 18 heavy (non-hydrogen) atoms. The highest BCUT2D eigenvalue weighted by molar-refractivity contribution is 7.99. The van der Waals surface area contributed by atoms with E-state index in [2.05, 4.69) is 9.97 Å². The lowest BCUT2D eigenvalue weighted by Gasteiger charge is -2.05. The maximum absolute atomic E-state index is 11.6. The summed E-state index contributed by atoms with van der Waals surface area (Å²) in [5, 5.41) is 0. The van der Waals surface area contributed by atoms with E-state index in [0.717, 1.165) is 11.8 Å². The second-order valence-electron chi connectivity index (χ2n) is 3.29. The van der Waals surface area contributed by atoms with E-state index in [9.17, 15) is 9.59 Å².